The number of ether oxygens (including phenoxy) is 1. The smallest absolute Gasteiger partial charge is 0.387 e. The van der Waals surface area contributed by atoms with E-state index in [4.69, 9.17) is 0 Å². The van der Waals surface area contributed by atoms with Crippen molar-refractivity contribution in [2.45, 2.75) is 19.6 Å². The Morgan fingerprint density at radius 3 is 2.64 bits per heavy atom. The van der Waals surface area contributed by atoms with Crippen molar-refractivity contribution < 1.29 is 13.5 Å². The van der Waals surface area contributed by atoms with E-state index in [1.165, 1.54) is 16.8 Å². The van der Waals surface area contributed by atoms with Gasteiger partial charge in [-0.25, -0.2) is 0 Å². The number of aromatic nitrogens is 5. The number of benzene rings is 1. The van der Waals surface area contributed by atoms with Gasteiger partial charge in [-0.1, -0.05) is 12.1 Å². The predicted octanol–water partition coefficient (Wildman–Crippen LogP) is 2.29. The molecule has 3 rings (SSSR count). The van der Waals surface area contributed by atoms with Gasteiger partial charge in [-0.2, -0.15) is 8.78 Å². The third-order valence-electron chi connectivity index (χ3n) is 3.04. The summed E-state index contributed by atoms with van der Waals surface area (Å²) in [7, 11) is 0. The van der Waals surface area contributed by atoms with Crippen LogP contribution in [0, 0.1) is 0 Å². The molecule has 0 aliphatic carbocycles. The molecule has 0 bridgehead atoms. The molecule has 114 valence electrons. The molecule has 1 atom stereocenters. The highest BCUT2D eigenvalue weighted by atomic mass is 19.3. The molecule has 0 fully saturated rings. The molecule has 0 aliphatic heterocycles. The molecule has 2 aromatic heterocycles. The molecule has 0 radical (unpaired) electrons. The minimum atomic E-state index is -2.83. The van der Waals surface area contributed by atoms with Gasteiger partial charge in [-0.05, 0) is 47.2 Å². The quantitative estimate of drug-likeness (QED) is 0.779. The maximum absolute atomic E-state index is 12.1. The van der Waals surface area contributed by atoms with Crippen LogP contribution in [0.3, 0.4) is 0 Å². The van der Waals surface area contributed by atoms with E-state index < -0.39 is 6.61 Å². The van der Waals surface area contributed by atoms with Crippen LogP contribution in [0.25, 0.3) is 5.65 Å². The van der Waals surface area contributed by atoms with Gasteiger partial charge in [0.25, 0.3) is 0 Å². The Morgan fingerprint density at radius 1 is 1.14 bits per heavy atom. The maximum atomic E-state index is 12.1. The highest BCUT2D eigenvalue weighted by molar-refractivity contribution is 5.44. The van der Waals surface area contributed by atoms with Crippen LogP contribution >= 0.6 is 0 Å². The second kappa shape index (κ2) is 5.88. The lowest BCUT2D eigenvalue weighted by atomic mass is 10.1. The van der Waals surface area contributed by atoms with Crippen molar-refractivity contribution in [3.63, 3.8) is 0 Å². The minimum Gasteiger partial charge on any atom is -0.435 e. The van der Waals surface area contributed by atoms with Crippen molar-refractivity contribution >= 4 is 11.5 Å². The first-order valence-corrected chi connectivity index (χ1v) is 6.48. The van der Waals surface area contributed by atoms with E-state index in [0.29, 0.717) is 11.5 Å². The third-order valence-corrected chi connectivity index (χ3v) is 3.04. The zero-order chi connectivity index (χ0) is 15.5. The van der Waals surface area contributed by atoms with Gasteiger partial charge >= 0.3 is 6.61 Å². The molecule has 0 amide bonds. The molecule has 0 saturated carbocycles. The minimum absolute atomic E-state index is 0.0815. The van der Waals surface area contributed by atoms with Gasteiger partial charge in [-0.15, -0.1) is 14.8 Å². The third kappa shape index (κ3) is 3.08. The van der Waals surface area contributed by atoms with Gasteiger partial charge in [0, 0.05) is 0 Å². The first kappa shape index (κ1) is 14.1. The Hall–Kier alpha value is -2.84. The predicted molar refractivity (Wildman–Crippen MR) is 73.7 cm³/mol. The summed E-state index contributed by atoms with van der Waals surface area (Å²) in [5.74, 6) is 0.722. The second-order valence-electron chi connectivity index (χ2n) is 4.56. The van der Waals surface area contributed by atoms with Gasteiger partial charge < -0.3 is 10.1 Å². The highest BCUT2D eigenvalue weighted by Crippen LogP contribution is 2.21. The van der Waals surface area contributed by atoms with E-state index in [1.54, 1.807) is 24.3 Å². The van der Waals surface area contributed by atoms with Crippen LogP contribution in [-0.4, -0.2) is 31.9 Å². The normalized spacial score (nSPS) is 12.5. The van der Waals surface area contributed by atoms with Gasteiger partial charge in [-0.3, -0.25) is 0 Å². The van der Waals surface area contributed by atoms with E-state index in [1.807, 2.05) is 6.92 Å². The van der Waals surface area contributed by atoms with E-state index in [2.05, 4.69) is 30.7 Å². The molecule has 0 spiro atoms. The fraction of sp³-hybridized carbons (Fsp3) is 0.231. The summed E-state index contributed by atoms with van der Waals surface area (Å²) in [5.41, 5.74) is 1.45. The summed E-state index contributed by atoms with van der Waals surface area (Å²) in [5, 5.41) is 18.4. The molecule has 0 saturated heterocycles. The van der Waals surface area contributed by atoms with Gasteiger partial charge in [0.05, 0.1) is 6.04 Å². The number of fused-ring (bicyclic) bond motifs is 1. The van der Waals surface area contributed by atoms with Crippen LogP contribution in [0.2, 0.25) is 0 Å². The molecule has 0 aliphatic rings. The van der Waals surface area contributed by atoms with Crippen LogP contribution in [0.4, 0.5) is 14.6 Å². The fourth-order valence-corrected chi connectivity index (χ4v) is 1.97. The molecule has 1 aromatic carbocycles. The molecule has 3 aromatic rings. The summed E-state index contributed by atoms with van der Waals surface area (Å²) in [6.07, 6.45) is 0. The molecular formula is C13H12F2N6O. The Kier molecular flexibility index (Phi) is 3.77. The highest BCUT2D eigenvalue weighted by Gasteiger charge is 2.09. The lowest BCUT2D eigenvalue weighted by molar-refractivity contribution is -0.0498. The molecule has 9 heteroatoms. The van der Waals surface area contributed by atoms with Crippen LogP contribution < -0.4 is 10.1 Å². The number of anilines is 1. The zero-order valence-corrected chi connectivity index (χ0v) is 11.5. The van der Waals surface area contributed by atoms with E-state index in [-0.39, 0.29) is 11.8 Å². The average molecular weight is 306 g/mol. The van der Waals surface area contributed by atoms with Crippen LogP contribution in [0.15, 0.2) is 36.4 Å². The maximum Gasteiger partial charge on any atom is 0.387 e. The van der Waals surface area contributed by atoms with Crippen molar-refractivity contribution in [1.82, 2.24) is 25.3 Å². The summed E-state index contributed by atoms with van der Waals surface area (Å²) < 4.78 is 29.8. The van der Waals surface area contributed by atoms with Crippen LogP contribution in [0.1, 0.15) is 18.5 Å². The molecule has 1 unspecified atom stereocenters. The molecule has 2 heterocycles. The number of nitrogens with zero attached hydrogens (tertiary/aromatic N) is 5. The number of hydrogen-bond donors (Lipinski definition) is 1. The van der Waals surface area contributed by atoms with Crippen molar-refractivity contribution in [1.29, 1.82) is 0 Å². The van der Waals surface area contributed by atoms with Crippen molar-refractivity contribution in [2.24, 2.45) is 0 Å². The largest absolute Gasteiger partial charge is 0.435 e. The zero-order valence-electron chi connectivity index (χ0n) is 11.5. The Balaban J connectivity index is 1.71. The first-order chi connectivity index (χ1) is 10.6. The standard InChI is InChI=1S/C13H12F2N6O/c1-8(9-2-4-10(5-3-9)22-13(14)15)16-11-6-7-12-17-19-20-21(12)18-11/h2-8,13H,1H3,(H,16,18). The van der Waals surface area contributed by atoms with E-state index in [0.717, 1.165) is 5.56 Å². The summed E-state index contributed by atoms with van der Waals surface area (Å²) in [6.45, 7) is -0.900. The Labute approximate surface area is 123 Å². The molecular weight excluding hydrogens is 294 g/mol. The molecule has 7 nitrogen and oxygen atoms in total. The monoisotopic (exact) mass is 306 g/mol. The van der Waals surface area contributed by atoms with Crippen molar-refractivity contribution in [3.8, 4) is 5.75 Å². The molecule has 22 heavy (non-hydrogen) atoms. The van der Waals surface area contributed by atoms with Gasteiger partial charge in [0.15, 0.2) is 5.65 Å². The Bertz CT molecular complexity index is 761. The van der Waals surface area contributed by atoms with Crippen LogP contribution in [0.5, 0.6) is 5.75 Å². The van der Waals surface area contributed by atoms with Crippen molar-refractivity contribution in [3.05, 3.63) is 42.0 Å². The summed E-state index contributed by atoms with van der Waals surface area (Å²) in [4.78, 5) is 0. The van der Waals surface area contributed by atoms with Crippen LogP contribution in [-0.2, 0) is 0 Å². The lowest BCUT2D eigenvalue weighted by Crippen LogP contribution is -2.10. The lowest BCUT2D eigenvalue weighted by Gasteiger charge is -2.15. The number of rotatable bonds is 5. The number of halogens is 2. The topological polar surface area (TPSA) is 77.2 Å². The summed E-state index contributed by atoms with van der Waals surface area (Å²) in [6, 6.07) is 9.84. The number of alkyl halides is 2. The Morgan fingerprint density at radius 2 is 1.91 bits per heavy atom. The SMILES string of the molecule is CC(Nc1ccc2nnnn2n1)c1ccc(OC(F)F)cc1. The average Bonchev–Trinajstić information content (AvgIpc) is 2.95. The number of tetrazole rings is 1. The number of nitrogens with one attached hydrogen (secondary N) is 1. The fourth-order valence-electron chi connectivity index (χ4n) is 1.97. The summed E-state index contributed by atoms with van der Waals surface area (Å²) >= 11 is 0. The first-order valence-electron chi connectivity index (χ1n) is 6.48. The van der Waals surface area contributed by atoms with Gasteiger partial charge in [0.2, 0.25) is 0 Å². The van der Waals surface area contributed by atoms with Crippen molar-refractivity contribution in [2.75, 3.05) is 5.32 Å². The van der Waals surface area contributed by atoms with E-state index >= 15 is 0 Å². The van der Waals surface area contributed by atoms with Gasteiger partial charge in [0.1, 0.15) is 11.6 Å². The number of hydrogen-bond acceptors (Lipinski definition) is 6. The van der Waals surface area contributed by atoms with E-state index in [9.17, 15) is 8.78 Å². The molecule has 1 N–H and O–H groups in total. The second-order valence-corrected chi connectivity index (χ2v) is 4.56.